The summed E-state index contributed by atoms with van der Waals surface area (Å²) in [7, 11) is -3.71. The molecule has 2 aromatic rings. The van der Waals surface area contributed by atoms with E-state index in [4.69, 9.17) is 9.41 Å². The maximum absolute atomic E-state index is 13.1. The highest BCUT2D eigenvalue weighted by molar-refractivity contribution is 7.89. The molecule has 2 aliphatic rings. The average molecular weight is 432 g/mol. The fourth-order valence-corrected chi connectivity index (χ4v) is 5.61. The first-order valence-electron chi connectivity index (χ1n) is 10.8. The molecule has 30 heavy (non-hydrogen) atoms. The minimum atomic E-state index is -3.71. The van der Waals surface area contributed by atoms with Gasteiger partial charge in [0, 0.05) is 19.3 Å². The second-order valence-electron chi connectivity index (χ2n) is 8.24. The van der Waals surface area contributed by atoms with Gasteiger partial charge in [-0.1, -0.05) is 25.7 Å². The summed E-state index contributed by atoms with van der Waals surface area (Å²) in [5.74, 6) is -0.413. The summed E-state index contributed by atoms with van der Waals surface area (Å²) in [6.45, 7) is 2.94. The molecule has 0 bridgehead atoms. The molecule has 4 rings (SSSR count). The lowest BCUT2D eigenvalue weighted by Crippen LogP contribution is -2.35. The lowest BCUT2D eigenvalue weighted by Gasteiger charge is -2.24. The third-order valence-electron chi connectivity index (χ3n) is 5.90. The Morgan fingerprint density at radius 1 is 1.03 bits per heavy atom. The maximum Gasteiger partial charge on any atom is 0.299 e. The number of carbonyl (C=O) groups excluding carboxylic acids is 1. The third kappa shape index (κ3) is 4.44. The molecule has 1 saturated carbocycles. The van der Waals surface area contributed by atoms with Gasteiger partial charge in [0.15, 0.2) is 5.76 Å². The molecule has 1 saturated heterocycles. The van der Waals surface area contributed by atoms with Gasteiger partial charge in [-0.3, -0.25) is 14.4 Å². The van der Waals surface area contributed by atoms with Crippen molar-refractivity contribution in [2.45, 2.75) is 69.4 Å². The van der Waals surface area contributed by atoms with Crippen molar-refractivity contribution in [3.05, 3.63) is 47.3 Å². The molecule has 0 amide bonds. The van der Waals surface area contributed by atoms with E-state index in [9.17, 15) is 13.2 Å². The zero-order chi connectivity index (χ0) is 21.1. The SMILES string of the molecule is Cc1ccn(C(=O)c2ccc(S(=O)(=O)N3CCCCC3)o2)c(=NC2CCCCC2)c1. The zero-order valence-electron chi connectivity index (χ0n) is 17.4. The van der Waals surface area contributed by atoms with E-state index in [1.165, 1.54) is 27.4 Å². The van der Waals surface area contributed by atoms with Crippen LogP contribution in [0.15, 0.2) is 45.0 Å². The van der Waals surface area contributed by atoms with Gasteiger partial charge in [-0.05, 0) is 62.4 Å². The molecule has 0 unspecified atom stereocenters. The zero-order valence-corrected chi connectivity index (χ0v) is 18.2. The first kappa shape index (κ1) is 21.1. The van der Waals surface area contributed by atoms with Gasteiger partial charge in [-0.2, -0.15) is 4.31 Å². The van der Waals surface area contributed by atoms with E-state index in [2.05, 4.69) is 0 Å². The van der Waals surface area contributed by atoms with Crippen molar-refractivity contribution >= 4 is 15.9 Å². The van der Waals surface area contributed by atoms with E-state index in [0.29, 0.717) is 18.6 Å². The highest BCUT2D eigenvalue weighted by atomic mass is 32.2. The Kier molecular flexibility index (Phi) is 6.24. The van der Waals surface area contributed by atoms with Gasteiger partial charge in [0.1, 0.15) is 5.49 Å². The number of aromatic nitrogens is 1. The van der Waals surface area contributed by atoms with Gasteiger partial charge in [0.05, 0.1) is 6.04 Å². The molecule has 162 valence electrons. The van der Waals surface area contributed by atoms with Crippen LogP contribution in [0.4, 0.5) is 0 Å². The molecular weight excluding hydrogens is 402 g/mol. The van der Waals surface area contributed by atoms with Crippen LogP contribution in [-0.4, -0.2) is 42.3 Å². The molecule has 1 aliphatic heterocycles. The van der Waals surface area contributed by atoms with E-state index in [1.807, 2.05) is 19.1 Å². The summed E-state index contributed by atoms with van der Waals surface area (Å²) >= 11 is 0. The molecule has 2 aromatic heterocycles. The number of rotatable bonds is 4. The Balaban J connectivity index is 1.64. The third-order valence-corrected chi connectivity index (χ3v) is 7.67. The highest BCUT2D eigenvalue weighted by Crippen LogP contribution is 2.23. The number of hydrogen-bond donors (Lipinski definition) is 0. The number of piperidine rings is 1. The first-order chi connectivity index (χ1) is 14.4. The van der Waals surface area contributed by atoms with Crippen LogP contribution < -0.4 is 5.49 Å². The van der Waals surface area contributed by atoms with Gasteiger partial charge in [0.2, 0.25) is 5.09 Å². The molecule has 0 aromatic carbocycles. The van der Waals surface area contributed by atoms with Gasteiger partial charge in [0.25, 0.3) is 15.9 Å². The topological polar surface area (TPSA) is 84.9 Å². The number of sulfonamides is 1. The van der Waals surface area contributed by atoms with Crippen molar-refractivity contribution in [2.24, 2.45) is 4.99 Å². The molecular formula is C22H29N3O4S. The number of nitrogens with zero attached hydrogens (tertiary/aromatic N) is 3. The van der Waals surface area contributed by atoms with Crippen molar-refractivity contribution < 1.29 is 17.6 Å². The van der Waals surface area contributed by atoms with Crippen LogP contribution in [0.1, 0.15) is 67.5 Å². The minimum absolute atomic E-state index is 0.000434. The fourth-order valence-electron chi connectivity index (χ4n) is 4.18. The van der Waals surface area contributed by atoms with Crippen LogP contribution in [-0.2, 0) is 10.0 Å². The summed E-state index contributed by atoms with van der Waals surface area (Å²) in [5.41, 5.74) is 1.60. The Labute approximate surface area is 177 Å². The van der Waals surface area contributed by atoms with Crippen LogP contribution in [0.5, 0.6) is 0 Å². The number of aryl methyl sites for hydroxylation is 1. The standard InChI is InChI=1S/C22H29N3O4S/c1-17-12-15-25(20(16-17)23-18-8-4-2-5-9-18)22(26)19-10-11-21(29-19)30(27,28)24-13-6-3-7-14-24/h10-12,15-16,18H,2-9,13-14H2,1H3. The van der Waals surface area contributed by atoms with Gasteiger partial charge < -0.3 is 4.42 Å². The molecule has 2 fully saturated rings. The van der Waals surface area contributed by atoms with Gasteiger partial charge in [-0.25, -0.2) is 8.42 Å². The van der Waals surface area contributed by atoms with Crippen LogP contribution in [0.3, 0.4) is 0 Å². The van der Waals surface area contributed by atoms with Crippen molar-refractivity contribution in [3.8, 4) is 0 Å². The smallest absolute Gasteiger partial charge is 0.299 e. The maximum atomic E-state index is 13.1. The van der Waals surface area contributed by atoms with Crippen molar-refractivity contribution in [1.29, 1.82) is 0 Å². The minimum Gasteiger partial charge on any atom is -0.438 e. The summed E-state index contributed by atoms with van der Waals surface area (Å²) < 4.78 is 34.1. The lowest BCUT2D eigenvalue weighted by molar-refractivity contribution is 0.0921. The molecule has 0 radical (unpaired) electrons. The quantitative estimate of drug-likeness (QED) is 0.742. The monoisotopic (exact) mass is 431 g/mol. The van der Waals surface area contributed by atoms with Crippen LogP contribution >= 0.6 is 0 Å². The number of hydrogen-bond acceptors (Lipinski definition) is 5. The molecule has 8 heteroatoms. The largest absolute Gasteiger partial charge is 0.438 e. The number of furan rings is 1. The Hall–Kier alpha value is -2.19. The van der Waals surface area contributed by atoms with E-state index in [-0.39, 0.29) is 16.9 Å². The molecule has 0 spiro atoms. The first-order valence-corrected chi connectivity index (χ1v) is 12.3. The summed E-state index contributed by atoms with van der Waals surface area (Å²) in [6.07, 6.45) is 10.0. The molecule has 1 aliphatic carbocycles. The van der Waals surface area contributed by atoms with Crippen molar-refractivity contribution in [3.63, 3.8) is 0 Å². The molecule has 0 N–H and O–H groups in total. The normalized spacial score (nSPS) is 19.8. The summed E-state index contributed by atoms with van der Waals surface area (Å²) in [5, 5.41) is -0.175. The van der Waals surface area contributed by atoms with Crippen LogP contribution in [0.25, 0.3) is 0 Å². The lowest BCUT2D eigenvalue weighted by atomic mass is 9.96. The number of carbonyl (C=O) groups is 1. The molecule has 3 heterocycles. The summed E-state index contributed by atoms with van der Waals surface area (Å²) in [4.78, 5) is 18.0. The van der Waals surface area contributed by atoms with Crippen LogP contribution in [0, 0.1) is 6.92 Å². The van der Waals surface area contributed by atoms with Crippen LogP contribution in [0.2, 0.25) is 0 Å². The predicted molar refractivity (Wildman–Crippen MR) is 113 cm³/mol. The van der Waals surface area contributed by atoms with Crippen molar-refractivity contribution in [2.75, 3.05) is 13.1 Å². The Morgan fingerprint density at radius 3 is 2.47 bits per heavy atom. The second kappa shape index (κ2) is 8.89. The number of pyridine rings is 1. The van der Waals surface area contributed by atoms with Crippen molar-refractivity contribution in [1.82, 2.24) is 8.87 Å². The molecule has 7 nitrogen and oxygen atoms in total. The Morgan fingerprint density at radius 2 is 1.73 bits per heavy atom. The van der Waals surface area contributed by atoms with E-state index < -0.39 is 15.9 Å². The van der Waals surface area contributed by atoms with E-state index in [0.717, 1.165) is 50.5 Å². The van der Waals surface area contributed by atoms with E-state index in [1.54, 1.807) is 6.20 Å². The summed E-state index contributed by atoms with van der Waals surface area (Å²) in [6, 6.07) is 6.76. The van der Waals surface area contributed by atoms with E-state index >= 15 is 0 Å². The Bertz CT molecular complexity index is 1070. The van der Waals surface area contributed by atoms with Gasteiger partial charge >= 0.3 is 0 Å². The average Bonchev–Trinajstić information content (AvgIpc) is 3.26. The van der Waals surface area contributed by atoms with Gasteiger partial charge in [-0.15, -0.1) is 0 Å². The fraction of sp³-hybridized carbons (Fsp3) is 0.545. The highest BCUT2D eigenvalue weighted by Gasteiger charge is 2.30. The second-order valence-corrected chi connectivity index (χ2v) is 10.1. The molecule has 0 atom stereocenters. The predicted octanol–water partition coefficient (Wildman–Crippen LogP) is 3.49.